The van der Waals surface area contributed by atoms with Gasteiger partial charge >= 0.3 is 12.1 Å². The minimum atomic E-state index is -1.14. The lowest BCUT2D eigenvalue weighted by atomic mass is 10.1. The van der Waals surface area contributed by atoms with E-state index in [1.54, 1.807) is 41.5 Å². The number of hydroxylamine groups is 2. The van der Waals surface area contributed by atoms with Crippen molar-refractivity contribution < 1.29 is 28.7 Å². The van der Waals surface area contributed by atoms with Crippen molar-refractivity contribution >= 4 is 18.0 Å². The van der Waals surface area contributed by atoms with E-state index in [1.807, 2.05) is 0 Å². The zero-order valence-electron chi connectivity index (χ0n) is 15.3. The minimum Gasteiger partial charge on any atom is -0.458 e. The molecule has 8 heteroatoms. The van der Waals surface area contributed by atoms with Gasteiger partial charge in [0.15, 0.2) is 0 Å². The van der Waals surface area contributed by atoms with Gasteiger partial charge in [0.1, 0.15) is 17.2 Å². The van der Waals surface area contributed by atoms with E-state index in [2.05, 4.69) is 5.32 Å². The van der Waals surface area contributed by atoms with Crippen LogP contribution in [0.25, 0.3) is 0 Å². The molecule has 1 atom stereocenters. The van der Waals surface area contributed by atoms with Gasteiger partial charge in [-0.05, 0) is 48.0 Å². The number of hydrogen-bond donors (Lipinski definition) is 1. The van der Waals surface area contributed by atoms with Gasteiger partial charge in [-0.3, -0.25) is 9.63 Å². The van der Waals surface area contributed by atoms with E-state index in [-0.39, 0.29) is 12.3 Å². The highest BCUT2D eigenvalue weighted by Crippen LogP contribution is 2.14. The van der Waals surface area contributed by atoms with E-state index < -0.39 is 29.3 Å². The van der Waals surface area contributed by atoms with Crippen molar-refractivity contribution in [3.8, 4) is 0 Å². The molecule has 1 aliphatic rings. The first-order chi connectivity index (χ1) is 10.9. The smallest absolute Gasteiger partial charge is 0.408 e. The zero-order chi connectivity index (χ0) is 18.5. The molecular weight excluding hydrogens is 316 g/mol. The summed E-state index contributed by atoms with van der Waals surface area (Å²) in [7, 11) is 0. The second-order valence-corrected chi connectivity index (χ2v) is 7.62. The van der Waals surface area contributed by atoms with E-state index in [1.165, 1.54) is 5.06 Å². The van der Waals surface area contributed by atoms with Gasteiger partial charge < -0.3 is 14.8 Å². The van der Waals surface area contributed by atoms with E-state index in [9.17, 15) is 14.4 Å². The zero-order valence-corrected chi connectivity index (χ0v) is 15.3. The van der Waals surface area contributed by atoms with Crippen LogP contribution < -0.4 is 5.32 Å². The normalized spacial score (nSPS) is 16.5. The Morgan fingerprint density at radius 3 is 2.12 bits per heavy atom. The van der Waals surface area contributed by atoms with E-state index in [0.717, 1.165) is 6.42 Å². The molecule has 0 aliphatic carbocycles. The number of hydrogen-bond acceptors (Lipinski definition) is 6. The third-order valence-corrected chi connectivity index (χ3v) is 2.79. The molecule has 0 aromatic rings. The second-order valence-electron chi connectivity index (χ2n) is 7.62. The quantitative estimate of drug-likeness (QED) is 0.781. The number of esters is 1. The maximum Gasteiger partial charge on any atom is 0.408 e. The van der Waals surface area contributed by atoms with Crippen molar-refractivity contribution in [2.45, 2.75) is 71.6 Å². The lowest BCUT2D eigenvalue weighted by Gasteiger charge is -2.26. The highest BCUT2D eigenvalue weighted by molar-refractivity contribution is 5.88. The molecule has 2 amide bonds. The first-order valence-corrected chi connectivity index (χ1v) is 8.03. The van der Waals surface area contributed by atoms with Crippen LogP contribution in [0.4, 0.5) is 4.79 Å². The molecule has 24 heavy (non-hydrogen) atoms. The molecule has 0 saturated carbocycles. The van der Waals surface area contributed by atoms with Crippen LogP contribution in [0.5, 0.6) is 0 Å². The van der Waals surface area contributed by atoms with Gasteiger partial charge in [-0.2, -0.15) is 0 Å². The summed E-state index contributed by atoms with van der Waals surface area (Å²) in [5.74, 6) is -1.08. The molecular formula is C16H28N2O6. The lowest BCUT2D eigenvalue weighted by Crippen LogP contribution is -2.48. The van der Waals surface area contributed by atoms with Gasteiger partial charge in [-0.15, -0.1) is 0 Å². The predicted molar refractivity (Wildman–Crippen MR) is 85.9 cm³/mol. The molecule has 0 bridgehead atoms. The van der Waals surface area contributed by atoms with Crippen LogP contribution in [0.15, 0.2) is 0 Å². The maximum absolute atomic E-state index is 12.3. The standard InChI is InChI=1S/C16H28N2O6/c1-15(2,3)23-13(20)11(17-14(21)24-16(4,5)6)10-12(19)18-8-7-9-22-18/h11H,7-10H2,1-6H3,(H,17,21)/t11-/m0/s1. The number of alkyl carbamates (subject to hydrolysis) is 1. The summed E-state index contributed by atoms with van der Waals surface area (Å²) in [5, 5.41) is 3.61. The fourth-order valence-corrected chi connectivity index (χ4v) is 1.94. The third-order valence-electron chi connectivity index (χ3n) is 2.79. The summed E-state index contributed by atoms with van der Waals surface area (Å²) >= 11 is 0. The summed E-state index contributed by atoms with van der Waals surface area (Å²) in [5.41, 5.74) is -1.46. The fourth-order valence-electron chi connectivity index (χ4n) is 1.94. The number of nitrogens with one attached hydrogen (secondary N) is 1. The average Bonchev–Trinajstić information content (AvgIpc) is 2.87. The number of carbonyl (C=O) groups excluding carboxylic acids is 3. The summed E-state index contributed by atoms with van der Waals surface area (Å²) in [6, 6.07) is -1.14. The molecule has 1 rings (SSSR count). The highest BCUT2D eigenvalue weighted by atomic mass is 16.7. The van der Waals surface area contributed by atoms with E-state index in [4.69, 9.17) is 14.3 Å². The Kier molecular flexibility index (Phi) is 6.59. The molecule has 0 aromatic carbocycles. The molecule has 1 heterocycles. The van der Waals surface area contributed by atoms with Crippen LogP contribution in [-0.2, 0) is 23.9 Å². The molecule has 1 aliphatic heterocycles. The Morgan fingerprint density at radius 1 is 1.08 bits per heavy atom. The maximum atomic E-state index is 12.3. The molecule has 1 fully saturated rings. The SMILES string of the molecule is CC(C)(C)OC(=O)N[C@@H](CC(=O)N1CCCO1)C(=O)OC(C)(C)C. The van der Waals surface area contributed by atoms with Crippen LogP contribution in [0.3, 0.4) is 0 Å². The number of ether oxygens (including phenoxy) is 2. The van der Waals surface area contributed by atoms with Crippen molar-refractivity contribution in [2.24, 2.45) is 0 Å². The predicted octanol–water partition coefficient (Wildman–Crippen LogP) is 1.78. The Balaban J connectivity index is 2.76. The summed E-state index contributed by atoms with van der Waals surface area (Å²) in [6.45, 7) is 11.2. The molecule has 1 saturated heterocycles. The first-order valence-electron chi connectivity index (χ1n) is 8.03. The first kappa shape index (κ1) is 20.2. The molecule has 138 valence electrons. The second kappa shape index (κ2) is 7.83. The minimum absolute atomic E-state index is 0.256. The van der Waals surface area contributed by atoms with Crippen molar-refractivity contribution in [2.75, 3.05) is 13.2 Å². The average molecular weight is 344 g/mol. The fraction of sp³-hybridized carbons (Fsp3) is 0.812. The number of carbonyl (C=O) groups is 3. The van der Waals surface area contributed by atoms with Crippen LogP contribution in [0.2, 0.25) is 0 Å². The van der Waals surface area contributed by atoms with Crippen molar-refractivity contribution in [3.63, 3.8) is 0 Å². The Hall–Kier alpha value is -1.83. The third kappa shape index (κ3) is 7.63. The van der Waals surface area contributed by atoms with Crippen molar-refractivity contribution in [1.82, 2.24) is 10.4 Å². The van der Waals surface area contributed by atoms with Crippen LogP contribution in [0.1, 0.15) is 54.4 Å². The summed E-state index contributed by atoms with van der Waals surface area (Å²) < 4.78 is 10.4. The summed E-state index contributed by atoms with van der Waals surface area (Å²) in [4.78, 5) is 41.6. The van der Waals surface area contributed by atoms with E-state index in [0.29, 0.717) is 13.2 Å². The van der Waals surface area contributed by atoms with Crippen LogP contribution >= 0.6 is 0 Å². The molecule has 8 nitrogen and oxygen atoms in total. The largest absolute Gasteiger partial charge is 0.458 e. The molecule has 0 radical (unpaired) electrons. The van der Waals surface area contributed by atoms with Gasteiger partial charge in [0.25, 0.3) is 0 Å². The van der Waals surface area contributed by atoms with Gasteiger partial charge in [0.05, 0.1) is 19.6 Å². The van der Waals surface area contributed by atoms with Gasteiger partial charge in [-0.1, -0.05) is 0 Å². The Bertz CT molecular complexity index is 472. The monoisotopic (exact) mass is 344 g/mol. The van der Waals surface area contributed by atoms with Crippen molar-refractivity contribution in [3.05, 3.63) is 0 Å². The molecule has 1 N–H and O–H groups in total. The Morgan fingerprint density at radius 2 is 1.67 bits per heavy atom. The van der Waals surface area contributed by atoms with Gasteiger partial charge in [0, 0.05) is 0 Å². The number of nitrogens with zero attached hydrogens (tertiary/aromatic N) is 1. The highest BCUT2D eigenvalue weighted by Gasteiger charge is 2.32. The van der Waals surface area contributed by atoms with Crippen LogP contribution in [0, 0.1) is 0 Å². The van der Waals surface area contributed by atoms with Gasteiger partial charge in [0.2, 0.25) is 5.91 Å². The lowest BCUT2D eigenvalue weighted by molar-refractivity contribution is -0.172. The molecule has 0 aromatic heterocycles. The summed E-state index contributed by atoms with van der Waals surface area (Å²) in [6.07, 6.45) is -0.301. The number of amides is 2. The van der Waals surface area contributed by atoms with Crippen molar-refractivity contribution in [1.29, 1.82) is 0 Å². The van der Waals surface area contributed by atoms with Crippen LogP contribution in [-0.4, -0.2) is 53.4 Å². The topological polar surface area (TPSA) is 94.2 Å². The Labute approximate surface area is 142 Å². The molecule has 0 spiro atoms. The molecule has 0 unspecified atom stereocenters. The number of rotatable bonds is 4. The van der Waals surface area contributed by atoms with E-state index >= 15 is 0 Å². The van der Waals surface area contributed by atoms with Gasteiger partial charge in [-0.25, -0.2) is 14.7 Å².